The second-order valence-electron chi connectivity index (χ2n) is 8.12. The number of nitrogens with one attached hydrogen (secondary N) is 1. The molecular weight excluding hydrogens is 416 g/mol. The van der Waals surface area contributed by atoms with E-state index in [0.717, 1.165) is 30.0 Å². The van der Waals surface area contributed by atoms with E-state index in [1.54, 1.807) is 0 Å². The molecule has 0 spiro atoms. The molecule has 1 unspecified atom stereocenters. The Morgan fingerprint density at radius 2 is 1.73 bits per heavy atom. The highest BCUT2D eigenvalue weighted by Crippen LogP contribution is 2.32. The van der Waals surface area contributed by atoms with Crippen molar-refractivity contribution in [2.75, 3.05) is 47.1 Å². The van der Waals surface area contributed by atoms with E-state index in [4.69, 9.17) is 16.9 Å². The molecule has 162 valence electrons. The molecule has 0 fully saturated rings. The minimum atomic E-state index is 0.415. The number of nitriles is 1. The molecule has 0 saturated heterocycles. The predicted molar refractivity (Wildman–Crippen MR) is 131 cm³/mol. The normalized spacial score (nSPS) is 12.2. The molecule has 8 heteroatoms. The van der Waals surface area contributed by atoms with Gasteiger partial charge in [0.25, 0.3) is 0 Å². The van der Waals surface area contributed by atoms with Gasteiger partial charge in [0.2, 0.25) is 0 Å². The minimum absolute atomic E-state index is 0.415. The number of nitrogens with zero attached hydrogens (tertiary/aromatic N) is 5. The number of azo groups is 1. The zero-order valence-corrected chi connectivity index (χ0v) is 20.1. The summed E-state index contributed by atoms with van der Waals surface area (Å²) < 4.78 is 0.707. The van der Waals surface area contributed by atoms with Crippen molar-refractivity contribution in [3.8, 4) is 5.40 Å². The van der Waals surface area contributed by atoms with Crippen molar-refractivity contribution >= 4 is 47.0 Å². The van der Waals surface area contributed by atoms with Gasteiger partial charge in [0.15, 0.2) is 0 Å². The Morgan fingerprint density at radius 1 is 1.13 bits per heavy atom. The van der Waals surface area contributed by atoms with E-state index in [0.29, 0.717) is 21.2 Å². The predicted octanol–water partition coefficient (Wildman–Crippen LogP) is 5.72. The van der Waals surface area contributed by atoms with Crippen LogP contribution in [0.3, 0.4) is 0 Å². The molecule has 1 N–H and O–H groups in total. The monoisotopic (exact) mass is 446 g/mol. The maximum atomic E-state index is 7.13. The molecule has 0 radical (unpaired) electrons. The quantitative estimate of drug-likeness (QED) is 0.244. The first kappa shape index (κ1) is 25.8. The second kappa shape index (κ2) is 12.5. The zero-order valence-electron chi connectivity index (χ0n) is 18.6. The molecular formula is C22H31ClN6S. The van der Waals surface area contributed by atoms with E-state index >= 15 is 0 Å². The van der Waals surface area contributed by atoms with Gasteiger partial charge in [-0.05, 0) is 64.3 Å². The first-order valence-corrected chi connectivity index (χ1v) is 10.4. The van der Waals surface area contributed by atoms with Crippen molar-refractivity contribution in [3.05, 3.63) is 47.5 Å². The molecule has 2 aromatic carbocycles. The first-order chi connectivity index (χ1) is 14.1. The number of quaternary nitrogens is 1. The Labute approximate surface area is 191 Å². The van der Waals surface area contributed by atoms with Crippen molar-refractivity contribution in [2.45, 2.75) is 19.4 Å². The van der Waals surface area contributed by atoms with Crippen LogP contribution in [0, 0.1) is 10.7 Å². The van der Waals surface area contributed by atoms with Gasteiger partial charge in [-0.1, -0.05) is 17.0 Å². The molecule has 2 aromatic rings. The van der Waals surface area contributed by atoms with E-state index in [2.05, 4.69) is 75.2 Å². The standard InChI is InChI=1S/C21H31ClN5.CHNS/c1-16(13-14-26(2)3)23-17-7-9-18(10-8-17)24-25-21-12-11-19(15-20(21)22)27(4,5)6;2-1-3/h7-12,15-16,23H,13-14H2,1-6H3;3H/q+1;/p-1. The Hall–Kier alpha value is -2.24. The summed E-state index contributed by atoms with van der Waals surface area (Å²) in [6.45, 7) is 3.26. The third-order valence-corrected chi connectivity index (χ3v) is 4.57. The van der Waals surface area contributed by atoms with E-state index in [9.17, 15) is 0 Å². The zero-order chi connectivity index (χ0) is 22.7. The molecule has 2 rings (SSSR count). The molecule has 0 bridgehead atoms. The van der Waals surface area contributed by atoms with E-state index in [1.807, 2.05) is 42.5 Å². The van der Waals surface area contributed by atoms with Crippen LogP contribution in [0.4, 0.5) is 22.7 Å². The first-order valence-electron chi connectivity index (χ1n) is 9.62. The molecule has 0 aliphatic rings. The average Bonchev–Trinajstić information content (AvgIpc) is 2.66. The maximum Gasteiger partial charge on any atom is 0.133 e. The van der Waals surface area contributed by atoms with Crippen molar-refractivity contribution in [3.63, 3.8) is 0 Å². The van der Waals surface area contributed by atoms with Crippen LogP contribution in [-0.4, -0.2) is 52.7 Å². The van der Waals surface area contributed by atoms with Gasteiger partial charge in [0.1, 0.15) is 11.4 Å². The third-order valence-electron chi connectivity index (χ3n) is 4.27. The third kappa shape index (κ3) is 9.51. The maximum absolute atomic E-state index is 7.13. The van der Waals surface area contributed by atoms with Gasteiger partial charge in [-0.2, -0.15) is 5.11 Å². The Balaban J connectivity index is 0.00000141. The Morgan fingerprint density at radius 3 is 2.23 bits per heavy atom. The topological polar surface area (TPSA) is 63.8 Å². The van der Waals surface area contributed by atoms with E-state index in [-0.39, 0.29) is 0 Å². The van der Waals surface area contributed by atoms with Gasteiger partial charge in [-0.3, -0.25) is 4.48 Å². The summed E-state index contributed by atoms with van der Waals surface area (Å²) in [6, 6.07) is 14.3. The van der Waals surface area contributed by atoms with Gasteiger partial charge in [0, 0.05) is 23.9 Å². The second-order valence-corrected chi connectivity index (χ2v) is 8.71. The van der Waals surface area contributed by atoms with Crippen LogP contribution in [0.25, 0.3) is 0 Å². The Kier molecular flexibility index (Phi) is 10.7. The van der Waals surface area contributed by atoms with Crippen LogP contribution in [0.1, 0.15) is 13.3 Å². The van der Waals surface area contributed by atoms with Gasteiger partial charge in [0.05, 0.1) is 31.9 Å². The number of anilines is 1. The van der Waals surface area contributed by atoms with Crippen LogP contribution in [-0.2, 0) is 12.6 Å². The number of rotatable bonds is 8. The largest absolute Gasteiger partial charge is 0.696 e. The number of halogens is 1. The fraction of sp³-hybridized carbons (Fsp3) is 0.409. The van der Waals surface area contributed by atoms with Crippen molar-refractivity contribution < 1.29 is 0 Å². The summed E-state index contributed by atoms with van der Waals surface area (Å²) in [7, 11) is 10.5. The summed E-state index contributed by atoms with van der Waals surface area (Å²) in [4.78, 5) is 2.19. The smallest absolute Gasteiger partial charge is 0.133 e. The van der Waals surface area contributed by atoms with E-state index in [1.165, 1.54) is 5.40 Å². The van der Waals surface area contributed by atoms with Crippen LogP contribution < -0.4 is 9.80 Å². The number of hydrogen-bond acceptors (Lipinski definition) is 6. The van der Waals surface area contributed by atoms with Gasteiger partial charge >= 0.3 is 0 Å². The van der Waals surface area contributed by atoms with Crippen LogP contribution in [0.2, 0.25) is 5.02 Å². The lowest BCUT2D eigenvalue weighted by Gasteiger charge is -2.23. The fourth-order valence-corrected chi connectivity index (χ4v) is 2.75. The van der Waals surface area contributed by atoms with Gasteiger partial charge in [-0.15, -0.1) is 5.11 Å². The summed E-state index contributed by atoms with van der Waals surface area (Å²) in [5, 5.41) is 21.2. The summed E-state index contributed by atoms with van der Waals surface area (Å²) in [5.41, 5.74) is 3.69. The van der Waals surface area contributed by atoms with Crippen molar-refractivity contribution in [1.82, 2.24) is 9.38 Å². The molecule has 0 aliphatic heterocycles. The molecule has 6 nitrogen and oxygen atoms in total. The average molecular weight is 447 g/mol. The highest BCUT2D eigenvalue weighted by molar-refractivity contribution is 7.64. The Bertz CT molecular complexity index is 853. The number of hydrogen-bond donors (Lipinski definition) is 1. The van der Waals surface area contributed by atoms with Crippen molar-refractivity contribution in [2.24, 2.45) is 10.2 Å². The highest BCUT2D eigenvalue weighted by Gasteiger charge is 2.13. The summed E-state index contributed by atoms with van der Waals surface area (Å²) >= 11 is 10.1. The SMILES string of the molecule is CC(CCN(C)C)Nc1ccc(N=Nc2ccc([N+](C)(C)C)cc2Cl)cc1.N#C[S-]. The molecule has 0 aliphatic carbocycles. The lowest BCUT2D eigenvalue weighted by Crippen LogP contribution is -2.34. The molecule has 0 saturated carbocycles. The van der Waals surface area contributed by atoms with Gasteiger partial charge < -0.3 is 22.8 Å². The fourth-order valence-electron chi connectivity index (χ4n) is 2.54. The van der Waals surface area contributed by atoms with Gasteiger partial charge in [-0.25, -0.2) is 5.26 Å². The van der Waals surface area contributed by atoms with Crippen LogP contribution in [0.5, 0.6) is 0 Å². The molecule has 0 amide bonds. The van der Waals surface area contributed by atoms with Crippen LogP contribution in [0.15, 0.2) is 52.7 Å². The van der Waals surface area contributed by atoms with Crippen LogP contribution >= 0.6 is 11.6 Å². The minimum Gasteiger partial charge on any atom is -0.696 e. The summed E-state index contributed by atoms with van der Waals surface area (Å²) in [6.07, 6.45) is 1.09. The molecule has 0 aromatic heterocycles. The number of thiocyanates is 1. The highest BCUT2D eigenvalue weighted by atomic mass is 35.5. The number of benzene rings is 2. The van der Waals surface area contributed by atoms with Crippen molar-refractivity contribution in [1.29, 1.82) is 5.26 Å². The lowest BCUT2D eigenvalue weighted by atomic mass is 10.2. The lowest BCUT2D eigenvalue weighted by molar-refractivity contribution is 0.390. The summed E-state index contributed by atoms with van der Waals surface area (Å²) in [5.74, 6) is 0. The molecule has 0 heterocycles. The van der Waals surface area contributed by atoms with E-state index < -0.39 is 0 Å². The molecule has 30 heavy (non-hydrogen) atoms. The molecule has 1 atom stereocenters.